The zero-order valence-electron chi connectivity index (χ0n) is 15.7. The van der Waals surface area contributed by atoms with E-state index in [0.29, 0.717) is 11.5 Å². The van der Waals surface area contributed by atoms with E-state index in [0.717, 1.165) is 26.5 Å². The maximum Gasteiger partial charge on any atom is 0.151 e. The van der Waals surface area contributed by atoms with E-state index in [-0.39, 0.29) is 11.2 Å². The summed E-state index contributed by atoms with van der Waals surface area (Å²) in [5.74, 6) is 1.22. The fraction of sp³-hybridized carbons (Fsp3) is 0.174. The van der Waals surface area contributed by atoms with Crippen LogP contribution in [-0.2, 0) is 11.2 Å². The van der Waals surface area contributed by atoms with Gasteiger partial charge in [0.1, 0.15) is 11.5 Å². The zero-order chi connectivity index (χ0) is 19.7. The predicted octanol–water partition coefficient (Wildman–Crippen LogP) is 6.33. The van der Waals surface area contributed by atoms with Crippen molar-refractivity contribution in [3.8, 4) is 11.5 Å². The Kier molecular flexibility index (Phi) is 5.04. The fourth-order valence-electron chi connectivity index (χ4n) is 3.19. The second kappa shape index (κ2) is 7.49. The summed E-state index contributed by atoms with van der Waals surface area (Å²) in [7, 11) is 0. The van der Waals surface area contributed by atoms with Gasteiger partial charge in [0.05, 0.1) is 10.2 Å². The van der Waals surface area contributed by atoms with Gasteiger partial charge in [0.25, 0.3) is 0 Å². The molecule has 0 aliphatic carbocycles. The number of rotatable bonds is 5. The minimum Gasteiger partial charge on any atom is -0.508 e. The van der Waals surface area contributed by atoms with Crippen molar-refractivity contribution in [2.24, 2.45) is 0 Å². The van der Waals surface area contributed by atoms with Gasteiger partial charge in [0.15, 0.2) is 4.34 Å². The van der Waals surface area contributed by atoms with Crippen molar-refractivity contribution in [3.63, 3.8) is 0 Å². The molecule has 4 rings (SSSR count). The maximum absolute atomic E-state index is 10.4. The minimum absolute atomic E-state index is 0.239. The number of phenolic OH excluding ortho intramolecular Hbond substituents is 2. The van der Waals surface area contributed by atoms with Crippen LogP contribution in [0.25, 0.3) is 10.2 Å². The van der Waals surface area contributed by atoms with Crippen LogP contribution in [0.4, 0.5) is 0 Å². The Morgan fingerprint density at radius 2 is 1.64 bits per heavy atom. The second-order valence-corrected chi connectivity index (χ2v) is 9.50. The number of thioether (sulfide) groups is 1. The van der Waals surface area contributed by atoms with Crippen LogP contribution >= 0.6 is 23.1 Å². The van der Waals surface area contributed by atoms with Crippen LogP contribution < -0.4 is 0 Å². The lowest BCUT2D eigenvalue weighted by Gasteiger charge is -2.27. The summed E-state index contributed by atoms with van der Waals surface area (Å²) in [4.78, 5) is 4.66. The first kappa shape index (κ1) is 18.8. The molecule has 2 N–H and O–H groups in total. The Hall–Kier alpha value is -2.50. The van der Waals surface area contributed by atoms with Gasteiger partial charge >= 0.3 is 0 Å². The molecule has 0 amide bonds. The van der Waals surface area contributed by atoms with Crippen molar-refractivity contribution in [3.05, 3.63) is 83.4 Å². The third kappa shape index (κ3) is 3.73. The second-order valence-electron chi connectivity index (χ2n) is 7.25. The highest BCUT2D eigenvalue weighted by atomic mass is 32.2. The monoisotopic (exact) mass is 407 g/mol. The Morgan fingerprint density at radius 1 is 0.929 bits per heavy atom. The van der Waals surface area contributed by atoms with Crippen LogP contribution in [0.5, 0.6) is 11.5 Å². The number of nitrogens with zero attached hydrogens (tertiary/aromatic N) is 1. The van der Waals surface area contributed by atoms with Gasteiger partial charge < -0.3 is 10.2 Å². The molecule has 4 aromatic rings. The number of fused-ring (bicyclic) bond motifs is 1. The number of benzene rings is 3. The van der Waals surface area contributed by atoms with Crippen molar-refractivity contribution < 1.29 is 10.2 Å². The first-order valence-corrected chi connectivity index (χ1v) is 10.8. The lowest BCUT2D eigenvalue weighted by molar-refractivity contribution is 0.469. The highest BCUT2D eigenvalue weighted by Gasteiger charge is 2.24. The largest absolute Gasteiger partial charge is 0.508 e. The zero-order valence-corrected chi connectivity index (χ0v) is 17.3. The molecular formula is C23H21NO2S2. The van der Waals surface area contributed by atoms with E-state index in [9.17, 15) is 10.2 Å². The van der Waals surface area contributed by atoms with Crippen LogP contribution in [0.2, 0.25) is 0 Å². The van der Waals surface area contributed by atoms with Crippen LogP contribution in [-0.4, -0.2) is 15.2 Å². The van der Waals surface area contributed by atoms with Crippen LogP contribution in [0, 0.1) is 0 Å². The summed E-state index contributed by atoms with van der Waals surface area (Å²) < 4.78 is 2.18. The van der Waals surface area contributed by atoms with E-state index >= 15 is 0 Å². The van der Waals surface area contributed by atoms with Gasteiger partial charge in [-0.1, -0.05) is 62.0 Å². The molecule has 28 heavy (non-hydrogen) atoms. The average molecular weight is 408 g/mol. The highest BCUT2D eigenvalue weighted by molar-refractivity contribution is 8.00. The quantitative estimate of drug-likeness (QED) is 0.380. The Labute approximate surface area is 172 Å². The third-order valence-corrected chi connectivity index (χ3v) is 7.24. The molecule has 1 heterocycles. The van der Waals surface area contributed by atoms with Crippen molar-refractivity contribution in [1.82, 2.24) is 4.98 Å². The predicted molar refractivity (Wildman–Crippen MR) is 118 cm³/mol. The molecule has 5 heteroatoms. The molecule has 0 saturated heterocycles. The normalized spacial score (nSPS) is 11.8. The summed E-state index contributed by atoms with van der Waals surface area (Å²) >= 11 is 3.32. The van der Waals surface area contributed by atoms with E-state index in [1.165, 1.54) is 4.70 Å². The maximum atomic E-state index is 10.4. The SMILES string of the molecule is CC(C)(c1ccc(O)cc1)c1ccc(O)c(CSc2nc3ccccc3s2)c1. The van der Waals surface area contributed by atoms with Gasteiger partial charge in [-0.25, -0.2) is 4.98 Å². The van der Waals surface area contributed by atoms with Crippen molar-refractivity contribution in [2.75, 3.05) is 0 Å². The van der Waals surface area contributed by atoms with Crippen LogP contribution in [0.3, 0.4) is 0 Å². The Bertz CT molecular complexity index is 1080. The number of aromatic nitrogens is 1. The van der Waals surface area contributed by atoms with Crippen LogP contribution in [0.1, 0.15) is 30.5 Å². The number of thiazole rings is 1. The average Bonchev–Trinajstić information content (AvgIpc) is 3.10. The highest BCUT2D eigenvalue weighted by Crippen LogP contribution is 2.37. The van der Waals surface area contributed by atoms with Gasteiger partial charge in [-0.3, -0.25) is 0 Å². The lowest BCUT2D eigenvalue weighted by atomic mass is 9.77. The molecular weight excluding hydrogens is 386 g/mol. The number of hydrogen-bond acceptors (Lipinski definition) is 5. The van der Waals surface area contributed by atoms with Gasteiger partial charge in [0.2, 0.25) is 0 Å². The van der Waals surface area contributed by atoms with E-state index < -0.39 is 0 Å². The molecule has 0 atom stereocenters. The fourth-order valence-corrected chi connectivity index (χ4v) is 5.24. The summed E-state index contributed by atoms with van der Waals surface area (Å²) in [6.07, 6.45) is 0. The van der Waals surface area contributed by atoms with Crippen molar-refractivity contribution >= 4 is 33.3 Å². The van der Waals surface area contributed by atoms with Gasteiger partial charge in [0, 0.05) is 16.7 Å². The van der Waals surface area contributed by atoms with E-state index in [2.05, 4.69) is 31.0 Å². The molecule has 0 saturated carbocycles. The Balaban J connectivity index is 1.58. The summed E-state index contributed by atoms with van der Waals surface area (Å²) in [5, 5.41) is 19.9. The minimum atomic E-state index is -0.239. The summed E-state index contributed by atoms with van der Waals surface area (Å²) in [6.45, 7) is 4.30. The third-order valence-electron chi connectivity index (χ3n) is 5.02. The molecule has 142 valence electrons. The van der Waals surface area contributed by atoms with Gasteiger partial charge in [-0.2, -0.15) is 0 Å². The van der Waals surface area contributed by atoms with Gasteiger partial charge in [-0.15, -0.1) is 11.3 Å². The molecule has 0 aliphatic heterocycles. The topological polar surface area (TPSA) is 53.4 Å². The molecule has 0 spiro atoms. The molecule has 0 bridgehead atoms. The molecule has 3 aromatic carbocycles. The summed E-state index contributed by atoms with van der Waals surface area (Å²) in [6, 6.07) is 21.2. The first-order chi connectivity index (χ1) is 13.4. The van der Waals surface area contributed by atoms with E-state index in [1.807, 2.05) is 36.4 Å². The molecule has 3 nitrogen and oxygen atoms in total. The van der Waals surface area contributed by atoms with Crippen LogP contribution in [0.15, 0.2) is 71.1 Å². The first-order valence-electron chi connectivity index (χ1n) is 9.04. The molecule has 0 unspecified atom stereocenters. The van der Waals surface area contributed by atoms with E-state index in [1.54, 1.807) is 41.3 Å². The standard InChI is InChI=1S/C23H21NO2S2/c1-23(2,16-7-10-18(25)11-8-16)17-9-12-20(26)15(13-17)14-27-22-24-19-5-3-4-6-21(19)28-22/h3-13,25-26H,14H2,1-2H3. The number of hydrogen-bond donors (Lipinski definition) is 2. The van der Waals surface area contributed by atoms with Crippen molar-refractivity contribution in [2.45, 2.75) is 29.4 Å². The molecule has 0 radical (unpaired) electrons. The van der Waals surface area contributed by atoms with E-state index in [4.69, 9.17) is 0 Å². The molecule has 0 aliphatic rings. The number of aromatic hydroxyl groups is 2. The molecule has 0 fully saturated rings. The van der Waals surface area contributed by atoms with Gasteiger partial charge in [-0.05, 0) is 41.5 Å². The Morgan fingerprint density at radius 3 is 2.39 bits per heavy atom. The smallest absolute Gasteiger partial charge is 0.151 e. The number of para-hydroxylation sites is 1. The number of phenols is 2. The lowest BCUT2D eigenvalue weighted by Crippen LogP contribution is -2.18. The summed E-state index contributed by atoms with van der Waals surface area (Å²) in [5.41, 5.74) is 3.91. The van der Waals surface area contributed by atoms with Crippen molar-refractivity contribution in [1.29, 1.82) is 0 Å². The molecule has 1 aromatic heterocycles.